The van der Waals surface area contributed by atoms with E-state index in [-0.39, 0.29) is 12.0 Å². The predicted octanol–water partition coefficient (Wildman–Crippen LogP) is 2.89. The molecule has 0 spiro atoms. The van der Waals surface area contributed by atoms with Gasteiger partial charge < -0.3 is 9.64 Å². The standard InChI is InChI=1S/C20H22N2O2/c1-14-9-10-18-17(11-14)20(16-7-5-4-6-8-16)22(12-15(2)24-20)13-19(23)21(18)3/h4-11,15H,12-13H2,1-3H3. The van der Waals surface area contributed by atoms with Crippen LogP contribution in [0.3, 0.4) is 0 Å². The van der Waals surface area contributed by atoms with Gasteiger partial charge >= 0.3 is 0 Å². The zero-order valence-corrected chi connectivity index (χ0v) is 14.3. The molecule has 0 aliphatic carbocycles. The van der Waals surface area contributed by atoms with Crippen molar-refractivity contribution in [3.63, 3.8) is 0 Å². The highest BCUT2D eigenvalue weighted by Crippen LogP contribution is 2.47. The van der Waals surface area contributed by atoms with Gasteiger partial charge in [-0.2, -0.15) is 0 Å². The van der Waals surface area contributed by atoms with E-state index in [1.165, 1.54) is 0 Å². The summed E-state index contributed by atoms with van der Waals surface area (Å²) in [6, 6.07) is 16.5. The van der Waals surface area contributed by atoms with Gasteiger partial charge in [-0.05, 0) is 26.0 Å². The molecule has 1 saturated heterocycles. The summed E-state index contributed by atoms with van der Waals surface area (Å²) in [6.07, 6.45) is 0.0646. The largest absolute Gasteiger partial charge is 0.347 e. The Morgan fingerprint density at radius 3 is 2.67 bits per heavy atom. The van der Waals surface area contributed by atoms with Crippen molar-refractivity contribution >= 4 is 11.6 Å². The van der Waals surface area contributed by atoms with Gasteiger partial charge in [-0.25, -0.2) is 0 Å². The molecule has 2 aromatic carbocycles. The first-order valence-corrected chi connectivity index (χ1v) is 8.38. The summed E-state index contributed by atoms with van der Waals surface area (Å²) in [5, 5.41) is 0. The Labute approximate surface area is 142 Å². The summed E-state index contributed by atoms with van der Waals surface area (Å²) >= 11 is 0. The van der Waals surface area contributed by atoms with E-state index < -0.39 is 5.72 Å². The quantitative estimate of drug-likeness (QED) is 0.809. The maximum Gasteiger partial charge on any atom is 0.241 e. The molecule has 2 heterocycles. The fourth-order valence-electron chi connectivity index (χ4n) is 3.94. The minimum atomic E-state index is -0.706. The molecule has 2 atom stereocenters. The van der Waals surface area contributed by atoms with Crippen molar-refractivity contribution in [2.24, 2.45) is 0 Å². The fourth-order valence-corrected chi connectivity index (χ4v) is 3.94. The normalized spacial score (nSPS) is 26.9. The van der Waals surface area contributed by atoms with Gasteiger partial charge in [0.05, 0.1) is 18.3 Å². The van der Waals surface area contributed by atoms with Crippen LogP contribution < -0.4 is 4.90 Å². The number of hydrogen-bond acceptors (Lipinski definition) is 3. The molecule has 24 heavy (non-hydrogen) atoms. The van der Waals surface area contributed by atoms with Crippen molar-refractivity contribution < 1.29 is 9.53 Å². The Balaban J connectivity index is 2.04. The van der Waals surface area contributed by atoms with Crippen LogP contribution in [0.15, 0.2) is 48.5 Å². The number of benzene rings is 2. The van der Waals surface area contributed by atoms with Crippen molar-refractivity contribution in [2.45, 2.75) is 25.7 Å². The highest BCUT2D eigenvalue weighted by atomic mass is 16.5. The second-order valence-electron chi connectivity index (χ2n) is 6.79. The van der Waals surface area contributed by atoms with Gasteiger partial charge in [-0.15, -0.1) is 0 Å². The van der Waals surface area contributed by atoms with Crippen LogP contribution in [-0.4, -0.2) is 37.0 Å². The molecular formula is C20H22N2O2. The Morgan fingerprint density at radius 1 is 1.17 bits per heavy atom. The highest BCUT2D eigenvalue weighted by Gasteiger charge is 2.52. The van der Waals surface area contributed by atoms with E-state index in [0.29, 0.717) is 6.54 Å². The number of amides is 1. The number of ether oxygens (including phenoxy) is 1. The second kappa shape index (κ2) is 5.43. The zero-order chi connectivity index (χ0) is 16.9. The first-order chi connectivity index (χ1) is 11.5. The summed E-state index contributed by atoms with van der Waals surface area (Å²) in [7, 11) is 1.85. The van der Waals surface area contributed by atoms with Gasteiger partial charge in [0.15, 0.2) is 5.72 Å². The summed E-state index contributed by atoms with van der Waals surface area (Å²) in [5.41, 5.74) is 3.50. The van der Waals surface area contributed by atoms with E-state index in [0.717, 1.165) is 28.9 Å². The van der Waals surface area contributed by atoms with E-state index in [1.807, 2.05) is 31.3 Å². The van der Waals surface area contributed by atoms with E-state index in [2.05, 4.69) is 43.0 Å². The molecular weight excluding hydrogens is 300 g/mol. The lowest BCUT2D eigenvalue weighted by atomic mass is 9.90. The lowest BCUT2D eigenvalue weighted by Gasteiger charge is -2.37. The number of rotatable bonds is 1. The van der Waals surface area contributed by atoms with Crippen LogP contribution in [-0.2, 0) is 15.3 Å². The van der Waals surface area contributed by atoms with E-state index >= 15 is 0 Å². The molecule has 0 N–H and O–H groups in total. The third-order valence-electron chi connectivity index (χ3n) is 5.04. The first kappa shape index (κ1) is 15.4. The summed E-state index contributed by atoms with van der Waals surface area (Å²) in [5.74, 6) is 0.0932. The fraction of sp³-hybridized carbons (Fsp3) is 0.350. The van der Waals surface area contributed by atoms with Crippen LogP contribution in [0, 0.1) is 6.92 Å². The molecule has 4 rings (SSSR count). The maximum absolute atomic E-state index is 12.7. The first-order valence-electron chi connectivity index (χ1n) is 8.38. The van der Waals surface area contributed by atoms with Gasteiger partial charge in [0, 0.05) is 24.7 Å². The lowest BCUT2D eigenvalue weighted by Crippen LogP contribution is -2.45. The third-order valence-corrected chi connectivity index (χ3v) is 5.04. The van der Waals surface area contributed by atoms with Crippen LogP contribution in [0.5, 0.6) is 0 Å². The highest BCUT2D eigenvalue weighted by molar-refractivity contribution is 5.96. The van der Waals surface area contributed by atoms with Crippen LogP contribution in [0.2, 0.25) is 0 Å². The predicted molar refractivity (Wildman–Crippen MR) is 93.9 cm³/mol. The molecule has 2 unspecified atom stereocenters. The number of hydrogen-bond donors (Lipinski definition) is 0. The number of aryl methyl sites for hydroxylation is 1. The molecule has 0 bridgehead atoms. The average molecular weight is 322 g/mol. The smallest absolute Gasteiger partial charge is 0.241 e. The van der Waals surface area contributed by atoms with Crippen LogP contribution in [0.4, 0.5) is 5.69 Å². The number of nitrogens with zero attached hydrogens (tertiary/aromatic N) is 2. The minimum Gasteiger partial charge on any atom is -0.347 e. The summed E-state index contributed by atoms with van der Waals surface area (Å²) in [6.45, 7) is 5.24. The molecule has 2 aliphatic rings. The average Bonchev–Trinajstić information content (AvgIpc) is 2.88. The summed E-state index contributed by atoms with van der Waals surface area (Å²) < 4.78 is 6.54. The van der Waals surface area contributed by atoms with Gasteiger partial charge in [-0.3, -0.25) is 9.69 Å². The Bertz CT molecular complexity index is 789. The molecule has 0 aromatic heterocycles. The molecule has 4 nitrogen and oxygen atoms in total. The number of likely N-dealkylation sites (N-methyl/N-ethyl adjacent to an activating group) is 1. The van der Waals surface area contributed by atoms with Gasteiger partial charge in [0.2, 0.25) is 5.91 Å². The van der Waals surface area contributed by atoms with Crippen molar-refractivity contribution in [3.05, 3.63) is 65.2 Å². The molecule has 2 aliphatic heterocycles. The summed E-state index contributed by atoms with van der Waals surface area (Å²) in [4.78, 5) is 16.6. The lowest BCUT2D eigenvalue weighted by molar-refractivity contribution is -0.123. The molecule has 0 saturated carbocycles. The molecule has 4 heteroatoms. The number of fused-ring (bicyclic) bond motifs is 3. The van der Waals surface area contributed by atoms with Gasteiger partial charge in [0.25, 0.3) is 0 Å². The maximum atomic E-state index is 12.7. The molecule has 1 fully saturated rings. The molecule has 1 amide bonds. The van der Waals surface area contributed by atoms with E-state index in [9.17, 15) is 4.79 Å². The minimum absolute atomic E-state index is 0.0646. The number of anilines is 1. The topological polar surface area (TPSA) is 32.8 Å². The monoisotopic (exact) mass is 322 g/mol. The van der Waals surface area contributed by atoms with Crippen molar-refractivity contribution in [3.8, 4) is 0 Å². The second-order valence-corrected chi connectivity index (χ2v) is 6.79. The van der Waals surface area contributed by atoms with Gasteiger partial charge in [0.1, 0.15) is 0 Å². The molecule has 2 aromatic rings. The van der Waals surface area contributed by atoms with Crippen molar-refractivity contribution in [1.29, 1.82) is 0 Å². The van der Waals surface area contributed by atoms with Crippen LogP contribution >= 0.6 is 0 Å². The zero-order valence-electron chi connectivity index (χ0n) is 14.3. The molecule has 124 valence electrons. The van der Waals surface area contributed by atoms with Gasteiger partial charge in [-0.1, -0.05) is 42.0 Å². The van der Waals surface area contributed by atoms with Crippen molar-refractivity contribution in [2.75, 3.05) is 25.0 Å². The Kier molecular flexibility index (Phi) is 3.48. The van der Waals surface area contributed by atoms with E-state index in [4.69, 9.17) is 4.74 Å². The Morgan fingerprint density at radius 2 is 1.92 bits per heavy atom. The Hall–Kier alpha value is -2.17. The SMILES string of the molecule is Cc1ccc2c(c1)C1(c3ccccc3)OC(C)CN1CC(=O)N2C. The van der Waals surface area contributed by atoms with Crippen LogP contribution in [0.1, 0.15) is 23.6 Å². The van der Waals surface area contributed by atoms with Crippen LogP contribution in [0.25, 0.3) is 0 Å². The third kappa shape index (κ3) is 2.10. The van der Waals surface area contributed by atoms with Crippen molar-refractivity contribution in [1.82, 2.24) is 4.90 Å². The number of carbonyl (C=O) groups is 1. The van der Waals surface area contributed by atoms with E-state index in [1.54, 1.807) is 4.90 Å². The number of carbonyl (C=O) groups excluding carboxylic acids is 1. The molecule has 0 radical (unpaired) electrons.